The van der Waals surface area contributed by atoms with Crippen molar-refractivity contribution in [2.24, 2.45) is 0 Å². The summed E-state index contributed by atoms with van der Waals surface area (Å²) in [6.45, 7) is 0. The molecule has 2 aromatic rings. The largest absolute Gasteiger partial charge is 0.323 e. The molecule has 0 amide bonds. The highest BCUT2D eigenvalue weighted by Crippen LogP contribution is 2.22. The first kappa shape index (κ1) is 14.5. The first-order valence-corrected chi connectivity index (χ1v) is 5.40. The van der Waals surface area contributed by atoms with Crippen LogP contribution in [0.1, 0.15) is 5.56 Å². The Morgan fingerprint density at radius 3 is 2.61 bits per heavy atom. The molecule has 1 aromatic heterocycles. The highest BCUT2D eigenvalue weighted by molar-refractivity contribution is 6.41. The molecule has 0 atom stereocenters. The number of para-hydroxylation sites is 1. The number of anilines is 2. The molecular formula is C11H7Cl3N4. The summed E-state index contributed by atoms with van der Waals surface area (Å²) in [6, 6.07) is 9.10. The van der Waals surface area contributed by atoms with E-state index in [1.54, 1.807) is 24.3 Å². The van der Waals surface area contributed by atoms with Crippen molar-refractivity contribution in [2.45, 2.75) is 0 Å². The third-order valence-electron chi connectivity index (χ3n) is 2.00. The number of halogens is 3. The Hall–Kier alpha value is -1.54. The van der Waals surface area contributed by atoms with Gasteiger partial charge in [0.05, 0.1) is 22.5 Å². The quantitative estimate of drug-likeness (QED) is 0.857. The van der Waals surface area contributed by atoms with Crippen LogP contribution in [0.4, 0.5) is 11.6 Å². The third-order valence-corrected chi connectivity index (χ3v) is 2.66. The van der Waals surface area contributed by atoms with Crippen LogP contribution >= 0.6 is 35.6 Å². The van der Waals surface area contributed by atoms with Crippen LogP contribution in [0, 0.1) is 11.3 Å². The average molecular weight is 302 g/mol. The fourth-order valence-electron chi connectivity index (χ4n) is 1.22. The Morgan fingerprint density at radius 2 is 1.94 bits per heavy atom. The molecule has 0 aliphatic rings. The summed E-state index contributed by atoms with van der Waals surface area (Å²) in [5.74, 6) is 0.294. The van der Waals surface area contributed by atoms with E-state index in [2.05, 4.69) is 21.4 Å². The van der Waals surface area contributed by atoms with Gasteiger partial charge < -0.3 is 5.32 Å². The molecule has 0 bridgehead atoms. The molecule has 2 rings (SSSR count). The molecule has 1 heterocycles. The zero-order valence-corrected chi connectivity index (χ0v) is 11.2. The van der Waals surface area contributed by atoms with Gasteiger partial charge in [-0.3, -0.25) is 0 Å². The van der Waals surface area contributed by atoms with Gasteiger partial charge in [-0.1, -0.05) is 35.3 Å². The molecule has 0 spiro atoms. The summed E-state index contributed by atoms with van der Waals surface area (Å²) >= 11 is 11.5. The van der Waals surface area contributed by atoms with Gasteiger partial charge in [0.2, 0.25) is 5.95 Å². The lowest BCUT2D eigenvalue weighted by atomic mass is 10.2. The fraction of sp³-hybridized carbons (Fsp3) is 0. The highest BCUT2D eigenvalue weighted by atomic mass is 35.5. The third kappa shape index (κ3) is 3.23. The summed E-state index contributed by atoms with van der Waals surface area (Å²) in [7, 11) is 0. The van der Waals surface area contributed by atoms with Crippen LogP contribution in [0.25, 0.3) is 0 Å². The van der Waals surface area contributed by atoms with Crippen molar-refractivity contribution < 1.29 is 0 Å². The van der Waals surface area contributed by atoms with Gasteiger partial charge in [-0.05, 0) is 12.1 Å². The van der Waals surface area contributed by atoms with Gasteiger partial charge in [-0.15, -0.1) is 12.4 Å². The zero-order chi connectivity index (χ0) is 12.3. The van der Waals surface area contributed by atoms with E-state index in [-0.39, 0.29) is 22.6 Å². The minimum absolute atomic E-state index is 0. The van der Waals surface area contributed by atoms with Crippen molar-refractivity contribution in [2.75, 3.05) is 5.32 Å². The average Bonchev–Trinajstić information content (AvgIpc) is 2.34. The van der Waals surface area contributed by atoms with Gasteiger partial charge in [-0.25, -0.2) is 4.98 Å². The maximum Gasteiger partial charge on any atom is 0.228 e. The predicted octanol–water partition coefficient (Wildman–Crippen LogP) is 3.82. The number of nitriles is 1. The number of aromatic nitrogens is 2. The summed E-state index contributed by atoms with van der Waals surface area (Å²) in [5, 5.41) is 12.3. The van der Waals surface area contributed by atoms with Crippen molar-refractivity contribution in [1.82, 2.24) is 9.97 Å². The second-order valence-electron chi connectivity index (χ2n) is 3.11. The van der Waals surface area contributed by atoms with Crippen LogP contribution in [0.3, 0.4) is 0 Å². The van der Waals surface area contributed by atoms with Crippen molar-refractivity contribution in [3.8, 4) is 6.07 Å². The normalized spacial score (nSPS) is 9.17. The van der Waals surface area contributed by atoms with Crippen LogP contribution in [0.2, 0.25) is 10.2 Å². The van der Waals surface area contributed by atoms with E-state index in [9.17, 15) is 0 Å². The van der Waals surface area contributed by atoms with E-state index in [0.29, 0.717) is 17.2 Å². The maximum atomic E-state index is 8.92. The number of rotatable bonds is 2. The van der Waals surface area contributed by atoms with Gasteiger partial charge in [0, 0.05) is 0 Å². The van der Waals surface area contributed by atoms with Crippen molar-refractivity contribution in [3.63, 3.8) is 0 Å². The number of nitrogens with one attached hydrogen (secondary N) is 1. The number of hydrogen-bond donors (Lipinski definition) is 1. The Bertz CT molecular complexity index is 595. The molecule has 4 nitrogen and oxygen atoms in total. The monoisotopic (exact) mass is 300 g/mol. The van der Waals surface area contributed by atoms with Crippen molar-refractivity contribution >= 4 is 47.2 Å². The molecule has 1 aromatic carbocycles. The summed E-state index contributed by atoms with van der Waals surface area (Å²) in [4.78, 5) is 7.91. The molecule has 0 aliphatic carbocycles. The fourth-order valence-corrected chi connectivity index (χ4v) is 1.44. The van der Waals surface area contributed by atoms with E-state index in [4.69, 9.17) is 28.5 Å². The summed E-state index contributed by atoms with van der Waals surface area (Å²) < 4.78 is 0. The summed E-state index contributed by atoms with van der Waals surface area (Å²) in [6.07, 6.45) is 1.40. The molecule has 0 radical (unpaired) electrons. The molecular weight excluding hydrogens is 295 g/mol. The predicted molar refractivity (Wildman–Crippen MR) is 73.7 cm³/mol. The Labute approximate surface area is 120 Å². The lowest BCUT2D eigenvalue weighted by Gasteiger charge is -2.06. The van der Waals surface area contributed by atoms with Gasteiger partial charge >= 0.3 is 0 Å². The highest BCUT2D eigenvalue weighted by Gasteiger charge is 2.05. The van der Waals surface area contributed by atoms with Gasteiger partial charge in [0.15, 0.2) is 5.15 Å². The van der Waals surface area contributed by atoms with Crippen LogP contribution < -0.4 is 5.32 Å². The molecule has 0 saturated heterocycles. The van der Waals surface area contributed by atoms with Crippen molar-refractivity contribution in [1.29, 1.82) is 5.26 Å². The molecule has 0 aliphatic heterocycles. The standard InChI is InChI=1S/C11H6Cl2N4.ClH/c12-8-6-15-11(17-10(8)13)16-9-4-2-1-3-7(9)5-14;/h1-4,6H,(H,15,16,17);1H. The Balaban J connectivity index is 0.00000162. The zero-order valence-electron chi connectivity index (χ0n) is 8.89. The second kappa shape index (κ2) is 6.41. The van der Waals surface area contributed by atoms with E-state index in [1.165, 1.54) is 6.20 Å². The van der Waals surface area contributed by atoms with Gasteiger partial charge in [0.25, 0.3) is 0 Å². The molecule has 0 unspecified atom stereocenters. The van der Waals surface area contributed by atoms with Gasteiger partial charge in [-0.2, -0.15) is 10.2 Å². The van der Waals surface area contributed by atoms with Crippen LogP contribution in [0.5, 0.6) is 0 Å². The summed E-state index contributed by atoms with van der Waals surface area (Å²) in [5.41, 5.74) is 1.12. The van der Waals surface area contributed by atoms with Gasteiger partial charge in [0.1, 0.15) is 6.07 Å². The first-order chi connectivity index (χ1) is 8.20. The minimum atomic E-state index is 0. The molecule has 1 N–H and O–H groups in total. The molecule has 0 fully saturated rings. The maximum absolute atomic E-state index is 8.92. The van der Waals surface area contributed by atoms with Crippen molar-refractivity contribution in [3.05, 3.63) is 46.2 Å². The van der Waals surface area contributed by atoms with Crippen LogP contribution in [-0.2, 0) is 0 Å². The second-order valence-corrected chi connectivity index (χ2v) is 3.88. The lowest BCUT2D eigenvalue weighted by Crippen LogP contribution is -1.98. The smallest absolute Gasteiger partial charge is 0.228 e. The van der Waals surface area contributed by atoms with E-state index >= 15 is 0 Å². The Morgan fingerprint density at radius 1 is 1.22 bits per heavy atom. The SMILES string of the molecule is Cl.N#Cc1ccccc1Nc1ncc(Cl)c(Cl)n1. The number of benzene rings is 1. The van der Waals surface area contributed by atoms with E-state index < -0.39 is 0 Å². The molecule has 18 heavy (non-hydrogen) atoms. The molecule has 92 valence electrons. The minimum Gasteiger partial charge on any atom is -0.323 e. The Kier molecular flexibility index (Phi) is 5.17. The topological polar surface area (TPSA) is 61.6 Å². The number of nitrogens with zero attached hydrogens (tertiary/aromatic N) is 3. The first-order valence-electron chi connectivity index (χ1n) is 4.65. The van der Waals surface area contributed by atoms with Crippen LogP contribution in [0.15, 0.2) is 30.5 Å². The van der Waals surface area contributed by atoms with E-state index in [0.717, 1.165) is 0 Å². The number of hydrogen-bond acceptors (Lipinski definition) is 4. The van der Waals surface area contributed by atoms with E-state index in [1.807, 2.05) is 0 Å². The van der Waals surface area contributed by atoms with Crippen LogP contribution in [-0.4, -0.2) is 9.97 Å². The lowest BCUT2D eigenvalue weighted by molar-refractivity contribution is 1.16. The molecule has 7 heteroatoms. The molecule has 0 saturated carbocycles.